The van der Waals surface area contributed by atoms with E-state index in [1.165, 1.54) is 12.3 Å². The molecule has 31 heavy (non-hydrogen) atoms. The smallest absolute Gasteiger partial charge is 0.247 e. The Kier molecular flexibility index (Phi) is 5.16. The molecule has 7 nitrogen and oxygen atoms in total. The van der Waals surface area contributed by atoms with Gasteiger partial charge in [0.1, 0.15) is 6.07 Å². The monoisotopic (exact) mass is 412 g/mol. The molecule has 0 spiro atoms. The van der Waals surface area contributed by atoms with E-state index in [4.69, 9.17) is 0 Å². The number of nitrogens with zero attached hydrogens (tertiary/aromatic N) is 5. The Balaban J connectivity index is 1.81. The van der Waals surface area contributed by atoms with Crippen molar-refractivity contribution in [1.29, 1.82) is 5.26 Å². The minimum Gasteiger partial charge on any atom is -0.320 e. The number of nitrogens with one attached hydrogen (secondary N) is 1. The number of carbonyl (C=O) groups excluding carboxylic acids is 1. The van der Waals surface area contributed by atoms with Gasteiger partial charge in [-0.2, -0.15) is 15.5 Å². The Morgan fingerprint density at radius 3 is 2.71 bits per heavy atom. The van der Waals surface area contributed by atoms with E-state index in [1.54, 1.807) is 39.7 Å². The minimum atomic E-state index is -0.567. The Hall–Kier alpha value is -4.51. The summed E-state index contributed by atoms with van der Waals surface area (Å²) in [6.45, 7) is 3.37. The number of carbonyl (C=O) groups is 1. The number of aromatic nitrogens is 4. The number of nitriles is 1. The van der Waals surface area contributed by atoms with Crippen molar-refractivity contribution in [1.82, 2.24) is 19.4 Å². The normalized spacial score (nSPS) is 11.0. The number of hydrogen-bond donors (Lipinski definition) is 1. The highest BCUT2D eigenvalue weighted by molar-refractivity contribution is 5.99. The van der Waals surface area contributed by atoms with Crippen LogP contribution in [0.1, 0.15) is 16.7 Å². The van der Waals surface area contributed by atoms with Gasteiger partial charge in [-0.1, -0.05) is 30.9 Å². The summed E-state index contributed by atoms with van der Waals surface area (Å²) < 4.78 is 18.2. The van der Waals surface area contributed by atoms with Crippen LogP contribution in [-0.2, 0) is 11.8 Å². The van der Waals surface area contributed by atoms with E-state index < -0.39 is 11.7 Å². The van der Waals surface area contributed by atoms with Gasteiger partial charge in [0, 0.05) is 41.7 Å². The van der Waals surface area contributed by atoms with Gasteiger partial charge in [-0.3, -0.25) is 9.48 Å². The van der Waals surface area contributed by atoms with Crippen LogP contribution in [-0.4, -0.2) is 25.3 Å². The van der Waals surface area contributed by atoms with Crippen LogP contribution in [0, 0.1) is 17.1 Å². The van der Waals surface area contributed by atoms with Gasteiger partial charge in [-0.25, -0.2) is 8.91 Å². The molecular formula is C23H17FN6O. The molecule has 0 unspecified atom stereocenters. The van der Waals surface area contributed by atoms with Gasteiger partial charge in [-0.15, -0.1) is 0 Å². The van der Waals surface area contributed by atoms with Gasteiger partial charge in [-0.05, 0) is 18.2 Å². The second-order valence-electron chi connectivity index (χ2n) is 6.79. The average molecular weight is 412 g/mol. The number of fused-ring (bicyclic) bond motifs is 1. The first-order valence-electron chi connectivity index (χ1n) is 9.30. The zero-order valence-corrected chi connectivity index (χ0v) is 16.6. The number of hydrogen-bond acceptors (Lipinski definition) is 4. The van der Waals surface area contributed by atoms with Gasteiger partial charge in [0.2, 0.25) is 5.91 Å². The highest BCUT2D eigenvalue weighted by Crippen LogP contribution is 2.27. The number of pyridine rings is 1. The molecule has 0 aliphatic heterocycles. The molecule has 0 radical (unpaired) electrons. The molecule has 0 saturated carbocycles. The van der Waals surface area contributed by atoms with Crippen LogP contribution in [0.25, 0.3) is 28.8 Å². The summed E-state index contributed by atoms with van der Waals surface area (Å²) in [5.74, 6) is -1.06. The topological polar surface area (TPSA) is 88.0 Å². The number of rotatable bonds is 5. The molecule has 3 heterocycles. The molecule has 0 aliphatic carbocycles. The van der Waals surface area contributed by atoms with Crippen LogP contribution in [0.2, 0.25) is 0 Å². The summed E-state index contributed by atoms with van der Waals surface area (Å²) in [6, 6.07) is 8.74. The van der Waals surface area contributed by atoms with Crippen molar-refractivity contribution in [3.05, 3.63) is 84.2 Å². The lowest BCUT2D eigenvalue weighted by molar-refractivity contribution is -0.111. The van der Waals surface area contributed by atoms with Gasteiger partial charge in [0.15, 0.2) is 5.82 Å². The largest absolute Gasteiger partial charge is 0.320 e. The number of halogens is 1. The predicted molar refractivity (Wildman–Crippen MR) is 116 cm³/mol. The lowest BCUT2D eigenvalue weighted by Crippen LogP contribution is -2.09. The number of amides is 1. The molecule has 0 saturated heterocycles. The van der Waals surface area contributed by atoms with Crippen molar-refractivity contribution >= 4 is 29.3 Å². The van der Waals surface area contributed by atoms with Gasteiger partial charge in [0.25, 0.3) is 0 Å². The van der Waals surface area contributed by atoms with Gasteiger partial charge < -0.3 is 5.32 Å². The maximum atomic E-state index is 14.8. The summed E-state index contributed by atoms with van der Waals surface area (Å²) in [4.78, 5) is 11.5. The summed E-state index contributed by atoms with van der Waals surface area (Å²) >= 11 is 0. The third-order valence-electron chi connectivity index (χ3n) is 4.71. The Bertz CT molecular complexity index is 1390. The van der Waals surface area contributed by atoms with Crippen LogP contribution in [0.4, 0.5) is 10.1 Å². The van der Waals surface area contributed by atoms with Crippen LogP contribution < -0.4 is 5.32 Å². The molecule has 3 aromatic heterocycles. The second kappa shape index (κ2) is 8.08. The number of anilines is 1. The molecule has 0 bridgehead atoms. The highest BCUT2D eigenvalue weighted by atomic mass is 19.1. The third-order valence-corrected chi connectivity index (χ3v) is 4.71. The maximum absolute atomic E-state index is 14.8. The average Bonchev–Trinajstić information content (AvgIpc) is 3.39. The molecule has 1 aromatic carbocycles. The molecule has 1 amide bonds. The van der Waals surface area contributed by atoms with E-state index in [2.05, 4.69) is 28.2 Å². The molecule has 0 atom stereocenters. The minimum absolute atomic E-state index is 0.0587. The first kappa shape index (κ1) is 19.8. The second-order valence-corrected chi connectivity index (χ2v) is 6.79. The Morgan fingerprint density at radius 2 is 2.00 bits per heavy atom. The van der Waals surface area contributed by atoms with Crippen molar-refractivity contribution < 1.29 is 9.18 Å². The van der Waals surface area contributed by atoms with E-state index >= 15 is 0 Å². The van der Waals surface area contributed by atoms with E-state index in [0.29, 0.717) is 16.6 Å². The zero-order chi connectivity index (χ0) is 22.0. The van der Waals surface area contributed by atoms with E-state index in [1.807, 2.05) is 25.5 Å². The SMILES string of the molecule is C=CC(=O)Nc1cccc(/C=C/c2cc(-c3cnn(C)c3)cn3ncc(C#N)c23)c1F. The summed E-state index contributed by atoms with van der Waals surface area (Å²) in [5, 5.41) is 20.4. The predicted octanol–water partition coefficient (Wildman–Crippen LogP) is 4.04. The van der Waals surface area contributed by atoms with Crippen molar-refractivity contribution in [3.63, 3.8) is 0 Å². The van der Waals surface area contributed by atoms with E-state index in [9.17, 15) is 14.4 Å². The zero-order valence-electron chi connectivity index (χ0n) is 16.6. The summed E-state index contributed by atoms with van der Waals surface area (Å²) in [5.41, 5.74) is 3.78. The standard InChI is InChI=1S/C23H17FN6O/c1-3-21(31)28-20-6-4-5-15(22(20)24)7-8-16-9-17(19-12-26-29(2)13-19)14-30-23(16)18(10-25)11-27-30/h3-9,11-14H,1H2,2H3,(H,28,31)/b8-7+. The molecule has 152 valence electrons. The fraction of sp³-hybridized carbons (Fsp3) is 0.0435. The van der Waals surface area contributed by atoms with Crippen LogP contribution in [0.3, 0.4) is 0 Å². The molecule has 1 N–H and O–H groups in total. The van der Waals surface area contributed by atoms with Crippen LogP contribution in [0.5, 0.6) is 0 Å². The molecule has 0 fully saturated rings. The fourth-order valence-corrected chi connectivity index (χ4v) is 3.23. The molecule has 4 rings (SSSR count). The van der Waals surface area contributed by atoms with E-state index in [-0.39, 0.29) is 11.3 Å². The Morgan fingerprint density at radius 1 is 1.19 bits per heavy atom. The summed E-state index contributed by atoms with van der Waals surface area (Å²) in [6.07, 6.45) is 11.3. The highest BCUT2D eigenvalue weighted by Gasteiger charge is 2.12. The first-order chi connectivity index (χ1) is 15.0. The molecule has 0 aliphatic rings. The molecule has 4 aromatic rings. The van der Waals surface area contributed by atoms with Crippen molar-refractivity contribution in [2.45, 2.75) is 0 Å². The van der Waals surface area contributed by atoms with E-state index in [0.717, 1.165) is 17.2 Å². The number of benzene rings is 1. The molecular weight excluding hydrogens is 395 g/mol. The van der Waals surface area contributed by atoms with Gasteiger partial charge in [0.05, 0.1) is 29.2 Å². The number of aryl methyl sites for hydroxylation is 1. The first-order valence-corrected chi connectivity index (χ1v) is 9.30. The Labute approximate surface area is 177 Å². The van der Waals surface area contributed by atoms with Crippen molar-refractivity contribution in [3.8, 4) is 17.2 Å². The fourth-order valence-electron chi connectivity index (χ4n) is 3.23. The molecule has 8 heteroatoms. The van der Waals surface area contributed by atoms with Crippen molar-refractivity contribution in [2.75, 3.05) is 5.32 Å². The van der Waals surface area contributed by atoms with Gasteiger partial charge >= 0.3 is 0 Å². The lowest BCUT2D eigenvalue weighted by atomic mass is 10.0. The lowest BCUT2D eigenvalue weighted by Gasteiger charge is -2.07. The summed E-state index contributed by atoms with van der Waals surface area (Å²) in [7, 11) is 1.82. The van der Waals surface area contributed by atoms with Crippen LogP contribution in [0.15, 0.2) is 61.7 Å². The van der Waals surface area contributed by atoms with Crippen molar-refractivity contribution in [2.24, 2.45) is 7.05 Å². The maximum Gasteiger partial charge on any atom is 0.247 e. The van der Waals surface area contributed by atoms with Crippen LogP contribution >= 0.6 is 0 Å². The third kappa shape index (κ3) is 3.84. The quantitative estimate of drug-likeness (QED) is 0.501.